The maximum Gasteiger partial charge on any atom is 0.258 e. The molecule has 0 aliphatic rings. The van der Waals surface area contributed by atoms with Gasteiger partial charge in [0.05, 0.1) is 29.9 Å². The van der Waals surface area contributed by atoms with Crippen LogP contribution in [-0.4, -0.2) is 37.6 Å². The molecule has 2 rings (SSSR count). The summed E-state index contributed by atoms with van der Waals surface area (Å²) in [6.07, 6.45) is 3.91. The number of sulfonamides is 1. The van der Waals surface area contributed by atoms with Crippen molar-refractivity contribution in [2.75, 3.05) is 22.9 Å². The van der Waals surface area contributed by atoms with Gasteiger partial charge in [-0.25, -0.2) is 18.4 Å². The molecule has 0 radical (unpaired) electrons. The van der Waals surface area contributed by atoms with E-state index in [1.807, 2.05) is 0 Å². The summed E-state index contributed by atoms with van der Waals surface area (Å²) >= 11 is 3.15. The van der Waals surface area contributed by atoms with E-state index in [0.717, 1.165) is 10.6 Å². The van der Waals surface area contributed by atoms with Crippen molar-refractivity contribution in [2.45, 2.75) is 0 Å². The Kier molecular flexibility index (Phi) is 4.77. The van der Waals surface area contributed by atoms with E-state index in [4.69, 9.17) is 0 Å². The predicted octanol–water partition coefficient (Wildman–Crippen LogP) is 1.89. The molecule has 0 saturated heterocycles. The Morgan fingerprint density at radius 2 is 1.91 bits per heavy atom. The zero-order valence-corrected chi connectivity index (χ0v) is 14.2. The fourth-order valence-corrected chi connectivity index (χ4v) is 2.40. The quantitative estimate of drug-likeness (QED) is 0.868. The minimum absolute atomic E-state index is 0.222. The molecule has 0 bridgehead atoms. The molecule has 0 aliphatic carbocycles. The molecule has 0 aliphatic heterocycles. The number of amides is 1. The summed E-state index contributed by atoms with van der Waals surface area (Å²) in [6, 6.07) is 6.41. The Morgan fingerprint density at radius 1 is 1.23 bits per heavy atom. The Balaban J connectivity index is 2.32. The molecule has 0 spiro atoms. The molecule has 0 saturated carbocycles. The smallest absolute Gasteiger partial charge is 0.258 e. The summed E-state index contributed by atoms with van der Waals surface area (Å²) in [5.41, 5.74) is 0.507. The first-order valence-electron chi connectivity index (χ1n) is 6.11. The van der Waals surface area contributed by atoms with E-state index in [1.54, 1.807) is 24.3 Å². The summed E-state index contributed by atoms with van der Waals surface area (Å²) in [5, 5.41) is 2.58. The SMILES string of the molecule is CN(c1ccccc1C(=O)Nc1cnc(Br)cn1)S(C)(=O)=O. The van der Waals surface area contributed by atoms with Crippen molar-refractivity contribution in [3.8, 4) is 0 Å². The fourth-order valence-electron chi connectivity index (χ4n) is 1.68. The van der Waals surface area contributed by atoms with Crippen molar-refractivity contribution in [3.05, 3.63) is 46.8 Å². The molecule has 1 N–H and O–H groups in total. The molecule has 1 aromatic carbocycles. The highest BCUT2D eigenvalue weighted by Crippen LogP contribution is 2.22. The molecule has 22 heavy (non-hydrogen) atoms. The molecule has 1 aromatic heterocycles. The average molecular weight is 385 g/mol. The van der Waals surface area contributed by atoms with E-state index in [2.05, 4.69) is 31.2 Å². The molecule has 0 fully saturated rings. The lowest BCUT2D eigenvalue weighted by molar-refractivity contribution is 0.102. The van der Waals surface area contributed by atoms with Crippen molar-refractivity contribution >= 4 is 43.4 Å². The number of rotatable bonds is 4. The van der Waals surface area contributed by atoms with Crippen LogP contribution < -0.4 is 9.62 Å². The molecule has 0 unspecified atom stereocenters. The van der Waals surface area contributed by atoms with Crippen LogP contribution in [0.1, 0.15) is 10.4 Å². The highest BCUT2D eigenvalue weighted by molar-refractivity contribution is 9.10. The lowest BCUT2D eigenvalue weighted by Crippen LogP contribution is -2.27. The maximum absolute atomic E-state index is 12.3. The van der Waals surface area contributed by atoms with Crippen molar-refractivity contribution < 1.29 is 13.2 Å². The van der Waals surface area contributed by atoms with Gasteiger partial charge in [-0.15, -0.1) is 0 Å². The molecule has 7 nitrogen and oxygen atoms in total. The lowest BCUT2D eigenvalue weighted by Gasteiger charge is -2.19. The topological polar surface area (TPSA) is 92.3 Å². The van der Waals surface area contributed by atoms with E-state index < -0.39 is 15.9 Å². The Labute approximate surface area is 136 Å². The fraction of sp³-hybridized carbons (Fsp3) is 0.154. The van der Waals surface area contributed by atoms with Gasteiger partial charge in [-0.3, -0.25) is 9.10 Å². The Hall–Kier alpha value is -2.00. The number of carbonyl (C=O) groups is 1. The summed E-state index contributed by atoms with van der Waals surface area (Å²) in [5.74, 6) is -0.201. The van der Waals surface area contributed by atoms with E-state index in [1.165, 1.54) is 19.4 Å². The first-order chi connectivity index (χ1) is 10.3. The van der Waals surface area contributed by atoms with Gasteiger partial charge in [0, 0.05) is 7.05 Å². The summed E-state index contributed by atoms with van der Waals surface area (Å²) in [7, 11) is -2.08. The molecule has 9 heteroatoms. The first kappa shape index (κ1) is 16.4. The number of anilines is 2. The van der Waals surface area contributed by atoms with Gasteiger partial charge < -0.3 is 5.32 Å². The Morgan fingerprint density at radius 3 is 2.50 bits per heavy atom. The molecular weight excluding hydrogens is 372 g/mol. The van der Waals surface area contributed by atoms with Gasteiger partial charge in [-0.2, -0.15) is 0 Å². The maximum atomic E-state index is 12.3. The van der Waals surface area contributed by atoms with E-state index in [0.29, 0.717) is 4.60 Å². The molecule has 0 atom stereocenters. The normalized spacial score (nSPS) is 11.0. The van der Waals surface area contributed by atoms with Crippen molar-refractivity contribution in [1.29, 1.82) is 0 Å². The number of benzene rings is 1. The third-order valence-corrected chi connectivity index (χ3v) is 4.45. The number of nitrogens with zero attached hydrogens (tertiary/aromatic N) is 3. The third kappa shape index (κ3) is 3.80. The Bertz CT molecular complexity index is 793. The summed E-state index contributed by atoms with van der Waals surface area (Å²) in [6.45, 7) is 0. The number of nitrogens with one attached hydrogen (secondary N) is 1. The predicted molar refractivity (Wildman–Crippen MR) is 87.4 cm³/mol. The van der Waals surface area contributed by atoms with Crippen molar-refractivity contribution in [1.82, 2.24) is 9.97 Å². The lowest BCUT2D eigenvalue weighted by atomic mass is 10.1. The molecular formula is C13H13BrN4O3S. The highest BCUT2D eigenvalue weighted by Gasteiger charge is 2.19. The second-order valence-electron chi connectivity index (χ2n) is 4.43. The van der Waals surface area contributed by atoms with Crippen LogP contribution >= 0.6 is 15.9 Å². The van der Waals surface area contributed by atoms with Gasteiger partial charge in [0.2, 0.25) is 10.0 Å². The van der Waals surface area contributed by atoms with Crippen LogP contribution in [0, 0.1) is 0 Å². The number of hydrogen-bond acceptors (Lipinski definition) is 5. The molecule has 1 amide bonds. The van der Waals surface area contributed by atoms with Gasteiger partial charge in [-0.05, 0) is 28.1 Å². The first-order valence-corrected chi connectivity index (χ1v) is 8.75. The summed E-state index contributed by atoms with van der Waals surface area (Å²) < 4.78 is 24.9. The van der Waals surface area contributed by atoms with Crippen molar-refractivity contribution in [2.24, 2.45) is 0 Å². The zero-order chi connectivity index (χ0) is 16.3. The van der Waals surface area contributed by atoms with Gasteiger partial charge in [0.15, 0.2) is 5.82 Å². The number of para-hydroxylation sites is 1. The average Bonchev–Trinajstić information content (AvgIpc) is 2.48. The number of hydrogen-bond donors (Lipinski definition) is 1. The summed E-state index contributed by atoms with van der Waals surface area (Å²) in [4.78, 5) is 20.3. The standard InChI is InChI=1S/C13H13BrN4O3S/c1-18(22(2,20)21)10-6-4-3-5-9(10)13(19)17-12-8-15-11(14)7-16-12/h3-8H,1-2H3,(H,16,17,19). The molecule has 1 heterocycles. The third-order valence-electron chi connectivity index (χ3n) is 2.85. The number of carbonyl (C=O) groups excluding carboxylic acids is 1. The van der Waals surface area contributed by atoms with Crippen LogP contribution in [0.25, 0.3) is 0 Å². The van der Waals surface area contributed by atoms with Gasteiger partial charge in [0.25, 0.3) is 5.91 Å². The number of aromatic nitrogens is 2. The van der Waals surface area contributed by atoms with E-state index >= 15 is 0 Å². The number of halogens is 1. The van der Waals surface area contributed by atoms with Crippen LogP contribution in [0.3, 0.4) is 0 Å². The zero-order valence-electron chi connectivity index (χ0n) is 11.8. The van der Waals surface area contributed by atoms with Gasteiger partial charge in [-0.1, -0.05) is 12.1 Å². The largest absolute Gasteiger partial charge is 0.305 e. The van der Waals surface area contributed by atoms with Crippen LogP contribution in [0.15, 0.2) is 41.3 Å². The minimum Gasteiger partial charge on any atom is -0.305 e. The van der Waals surface area contributed by atoms with Crippen LogP contribution in [-0.2, 0) is 10.0 Å². The monoisotopic (exact) mass is 384 g/mol. The molecule has 116 valence electrons. The second kappa shape index (κ2) is 6.41. The van der Waals surface area contributed by atoms with Crippen molar-refractivity contribution in [3.63, 3.8) is 0 Å². The van der Waals surface area contributed by atoms with Crippen LogP contribution in [0.2, 0.25) is 0 Å². The highest BCUT2D eigenvalue weighted by atomic mass is 79.9. The van der Waals surface area contributed by atoms with Gasteiger partial charge in [0.1, 0.15) is 4.60 Å². The van der Waals surface area contributed by atoms with E-state index in [9.17, 15) is 13.2 Å². The minimum atomic E-state index is -3.47. The van der Waals surface area contributed by atoms with Crippen LogP contribution in [0.5, 0.6) is 0 Å². The second-order valence-corrected chi connectivity index (χ2v) is 7.25. The van der Waals surface area contributed by atoms with Crippen LogP contribution in [0.4, 0.5) is 11.5 Å². The molecule has 2 aromatic rings. The van der Waals surface area contributed by atoms with Gasteiger partial charge >= 0.3 is 0 Å². The van der Waals surface area contributed by atoms with E-state index in [-0.39, 0.29) is 17.1 Å².